The second-order valence-electron chi connectivity index (χ2n) is 5.66. The molecule has 1 unspecified atom stereocenters. The Bertz CT molecular complexity index is 790. The summed E-state index contributed by atoms with van der Waals surface area (Å²) >= 11 is 1.74. The predicted octanol–water partition coefficient (Wildman–Crippen LogP) is 3.23. The summed E-state index contributed by atoms with van der Waals surface area (Å²) in [5.74, 6) is 0.112. The molecule has 2 heterocycles. The van der Waals surface area contributed by atoms with Crippen molar-refractivity contribution in [1.29, 1.82) is 5.26 Å². The van der Waals surface area contributed by atoms with Crippen LogP contribution in [0.4, 0.5) is 0 Å². The maximum Gasteiger partial charge on any atom is 0.179 e. The van der Waals surface area contributed by atoms with Crippen LogP contribution < -0.4 is 0 Å². The summed E-state index contributed by atoms with van der Waals surface area (Å²) in [6.45, 7) is 1.50. The Morgan fingerprint density at radius 3 is 2.70 bits per heavy atom. The Morgan fingerprint density at radius 2 is 2.04 bits per heavy atom. The highest BCUT2D eigenvalue weighted by Gasteiger charge is 2.28. The molecule has 1 aromatic carbocycles. The molecule has 0 saturated carbocycles. The van der Waals surface area contributed by atoms with Crippen LogP contribution in [0, 0.1) is 11.3 Å². The number of hydrogen-bond donors (Lipinski definition) is 0. The van der Waals surface area contributed by atoms with Gasteiger partial charge in [-0.3, -0.25) is 4.90 Å². The van der Waals surface area contributed by atoms with Crippen molar-refractivity contribution in [3.8, 4) is 6.07 Å². The van der Waals surface area contributed by atoms with E-state index in [2.05, 4.69) is 16.3 Å². The minimum atomic E-state index is -3.31. The predicted molar refractivity (Wildman–Crippen MR) is 91.1 cm³/mol. The van der Waals surface area contributed by atoms with Crippen LogP contribution in [0.5, 0.6) is 0 Å². The fraction of sp³-hybridized carbons (Fsp3) is 0.353. The van der Waals surface area contributed by atoms with Crippen LogP contribution in [-0.4, -0.2) is 32.2 Å². The van der Waals surface area contributed by atoms with Gasteiger partial charge in [0.15, 0.2) is 9.84 Å². The lowest BCUT2D eigenvalue weighted by Crippen LogP contribution is -2.28. The summed E-state index contributed by atoms with van der Waals surface area (Å²) in [6.07, 6.45) is 2.21. The lowest BCUT2D eigenvalue weighted by Gasteiger charge is -2.23. The average molecular weight is 346 g/mol. The Morgan fingerprint density at radius 1 is 1.26 bits per heavy atom. The molecular formula is C17H18N2O2S2. The third kappa shape index (κ3) is 3.63. The number of nitrogens with zero attached hydrogens (tertiary/aromatic N) is 2. The molecule has 1 fully saturated rings. The van der Waals surface area contributed by atoms with Crippen LogP contribution in [-0.2, 0) is 9.84 Å². The van der Waals surface area contributed by atoms with Crippen molar-refractivity contribution in [2.45, 2.75) is 23.8 Å². The molecule has 1 saturated heterocycles. The Hall–Kier alpha value is -1.68. The zero-order chi connectivity index (χ0) is 16.3. The fourth-order valence-corrected chi connectivity index (χ4v) is 5.15. The number of likely N-dealkylation sites (tertiary alicyclic amines) is 1. The monoisotopic (exact) mass is 346 g/mol. The van der Waals surface area contributed by atoms with Gasteiger partial charge in [-0.2, -0.15) is 5.26 Å². The topological polar surface area (TPSA) is 61.2 Å². The molecule has 3 rings (SSSR count). The van der Waals surface area contributed by atoms with Crippen LogP contribution in [0.25, 0.3) is 0 Å². The van der Waals surface area contributed by atoms with Gasteiger partial charge in [0.05, 0.1) is 22.3 Å². The molecular weight excluding hydrogens is 328 g/mol. The van der Waals surface area contributed by atoms with E-state index in [1.165, 1.54) is 17.0 Å². The Balaban J connectivity index is 1.68. The molecule has 1 aromatic heterocycles. The minimum absolute atomic E-state index is 0.112. The van der Waals surface area contributed by atoms with Crippen molar-refractivity contribution in [2.75, 3.05) is 18.8 Å². The van der Waals surface area contributed by atoms with Gasteiger partial charge in [-0.25, -0.2) is 8.42 Å². The first-order valence-corrected chi connectivity index (χ1v) is 10.1. The lowest BCUT2D eigenvalue weighted by atomic mass is 10.2. The van der Waals surface area contributed by atoms with Crippen LogP contribution in [0.15, 0.2) is 46.7 Å². The minimum Gasteiger partial charge on any atom is -0.294 e. The third-order valence-electron chi connectivity index (χ3n) is 4.23. The number of benzene rings is 1. The standard InChI is InChI=1S/C17H18N2O2S2/c18-13-14-5-7-15(8-6-14)23(20,21)12-10-19-9-1-3-16(19)17-4-2-11-22-17/h2,4-8,11,16H,1,3,9-10,12H2. The normalized spacial score (nSPS) is 18.8. The van der Waals surface area contributed by atoms with E-state index in [0.717, 1.165) is 19.4 Å². The first kappa shape index (κ1) is 16.2. The van der Waals surface area contributed by atoms with E-state index in [4.69, 9.17) is 5.26 Å². The van der Waals surface area contributed by atoms with E-state index in [0.29, 0.717) is 23.0 Å². The first-order chi connectivity index (χ1) is 11.1. The van der Waals surface area contributed by atoms with Crippen molar-refractivity contribution in [3.63, 3.8) is 0 Å². The second kappa shape index (κ2) is 6.83. The zero-order valence-corrected chi connectivity index (χ0v) is 14.3. The summed E-state index contributed by atoms with van der Waals surface area (Å²) < 4.78 is 24.9. The van der Waals surface area contributed by atoms with Gasteiger partial charge in [0.1, 0.15) is 0 Å². The number of hydrogen-bond acceptors (Lipinski definition) is 5. The van der Waals surface area contributed by atoms with Crippen molar-refractivity contribution in [2.24, 2.45) is 0 Å². The van der Waals surface area contributed by atoms with E-state index in [1.807, 2.05) is 12.1 Å². The SMILES string of the molecule is N#Cc1ccc(S(=O)(=O)CCN2CCCC2c2cccs2)cc1. The quantitative estimate of drug-likeness (QED) is 0.834. The van der Waals surface area contributed by atoms with Crippen LogP contribution >= 0.6 is 11.3 Å². The van der Waals surface area contributed by atoms with Crippen LogP contribution in [0.2, 0.25) is 0 Å². The van der Waals surface area contributed by atoms with Gasteiger partial charge in [0.2, 0.25) is 0 Å². The number of nitriles is 1. The molecule has 6 heteroatoms. The van der Waals surface area contributed by atoms with Crippen LogP contribution in [0.1, 0.15) is 29.3 Å². The number of rotatable bonds is 5. The van der Waals surface area contributed by atoms with Crippen molar-refractivity contribution < 1.29 is 8.42 Å². The molecule has 0 N–H and O–H groups in total. The molecule has 0 spiro atoms. The van der Waals surface area contributed by atoms with Gasteiger partial charge in [-0.1, -0.05) is 6.07 Å². The smallest absolute Gasteiger partial charge is 0.179 e. The van der Waals surface area contributed by atoms with Crippen molar-refractivity contribution >= 4 is 21.2 Å². The van der Waals surface area contributed by atoms with Gasteiger partial charge in [0.25, 0.3) is 0 Å². The largest absolute Gasteiger partial charge is 0.294 e. The highest BCUT2D eigenvalue weighted by molar-refractivity contribution is 7.91. The molecule has 120 valence electrons. The molecule has 1 atom stereocenters. The van der Waals surface area contributed by atoms with E-state index in [9.17, 15) is 8.42 Å². The van der Waals surface area contributed by atoms with Gasteiger partial charge in [0, 0.05) is 17.5 Å². The van der Waals surface area contributed by atoms with Crippen molar-refractivity contribution in [3.05, 3.63) is 52.2 Å². The van der Waals surface area contributed by atoms with Crippen molar-refractivity contribution in [1.82, 2.24) is 4.90 Å². The second-order valence-corrected chi connectivity index (χ2v) is 8.75. The lowest BCUT2D eigenvalue weighted by molar-refractivity contribution is 0.276. The number of sulfone groups is 1. The fourth-order valence-electron chi connectivity index (χ4n) is 2.99. The molecule has 0 radical (unpaired) electrons. The third-order valence-corrected chi connectivity index (χ3v) is 6.91. The van der Waals surface area contributed by atoms with E-state index >= 15 is 0 Å². The van der Waals surface area contributed by atoms with Gasteiger partial charge in [-0.05, 0) is 55.1 Å². The molecule has 1 aliphatic heterocycles. The van der Waals surface area contributed by atoms with Gasteiger partial charge in [-0.15, -0.1) is 11.3 Å². The molecule has 0 amide bonds. The summed E-state index contributed by atoms with van der Waals surface area (Å²) in [5.41, 5.74) is 0.473. The maximum atomic E-state index is 12.5. The molecule has 2 aromatic rings. The summed E-state index contributed by atoms with van der Waals surface area (Å²) in [7, 11) is -3.31. The summed E-state index contributed by atoms with van der Waals surface area (Å²) in [4.78, 5) is 3.88. The Labute approximate surface area is 140 Å². The van der Waals surface area contributed by atoms with Crippen LogP contribution in [0.3, 0.4) is 0 Å². The maximum absolute atomic E-state index is 12.5. The molecule has 0 bridgehead atoms. The summed E-state index contributed by atoms with van der Waals surface area (Å²) in [6, 6.07) is 12.7. The van der Waals surface area contributed by atoms with Gasteiger partial charge < -0.3 is 0 Å². The van der Waals surface area contributed by atoms with Gasteiger partial charge >= 0.3 is 0 Å². The molecule has 0 aliphatic carbocycles. The van der Waals surface area contributed by atoms with E-state index < -0.39 is 9.84 Å². The molecule has 1 aliphatic rings. The molecule has 4 nitrogen and oxygen atoms in total. The average Bonchev–Trinajstić information content (AvgIpc) is 3.24. The highest BCUT2D eigenvalue weighted by Crippen LogP contribution is 2.34. The number of thiophene rings is 1. The zero-order valence-electron chi connectivity index (χ0n) is 12.7. The first-order valence-electron chi connectivity index (χ1n) is 7.60. The van der Waals surface area contributed by atoms with E-state index in [1.54, 1.807) is 23.5 Å². The molecule has 23 heavy (non-hydrogen) atoms. The summed E-state index contributed by atoms with van der Waals surface area (Å²) in [5, 5.41) is 10.9. The van der Waals surface area contributed by atoms with E-state index in [-0.39, 0.29) is 5.75 Å². The Kier molecular flexibility index (Phi) is 4.81. The highest BCUT2D eigenvalue weighted by atomic mass is 32.2.